The summed E-state index contributed by atoms with van der Waals surface area (Å²) in [5.41, 5.74) is 5.02. The van der Waals surface area contributed by atoms with Crippen molar-refractivity contribution in [2.45, 2.75) is 51.8 Å². The molecule has 2 atom stereocenters. The highest BCUT2D eigenvalue weighted by molar-refractivity contribution is 7.27. The van der Waals surface area contributed by atoms with Gasteiger partial charge in [0.15, 0.2) is 0 Å². The fourth-order valence-corrected chi connectivity index (χ4v) is 4.47. The first-order valence-corrected chi connectivity index (χ1v) is 12.2. The molecule has 0 bridgehead atoms. The van der Waals surface area contributed by atoms with Crippen molar-refractivity contribution in [2.75, 3.05) is 6.61 Å². The minimum Gasteiger partial charge on any atom is -0.462 e. The van der Waals surface area contributed by atoms with E-state index in [0.29, 0.717) is 11.3 Å². The highest BCUT2D eigenvalue weighted by atomic mass is 35.5. The van der Waals surface area contributed by atoms with Gasteiger partial charge >= 0.3 is 5.97 Å². The second-order valence-electron chi connectivity index (χ2n) is 8.61. The van der Waals surface area contributed by atoms with E-state index in [-0.39, 0.29) is 24.3 Å². The van der Waals surface area contributed by atoms with Gasteiger partial charge in [0.1, 0.15) is 5.82 Å². The van der Waals surface area contributed by atoms with Crippen molar-refractivity contribution >= 4 is 32.1 Å². The molecule has 2 unspecified atom stereocenters. The van der Waals surface area contributed by atoms with Crippen LogP contribution >= 0.6 is 20.8 Å². The monoisotopic (exact) mass is 485 g/mol. The number of hydrogen-bond acceptors (Lipinski definition) is 3. The van der Waals surface area contributed by atoms with E-state index in [0.717, 1.165) is 33.3 Å². The Balaban J connectivity index is 2.46. The molecule has 3 nitrogen and oxygen atoms in total. The third-order valence-corrected chi connectivity index (χ3v) is 6.34. The average molecular weight is 486 g/mol. The molecule has 0 aliphatic carbocycles. The molecule has 0 N–H and O–H groups in total. The van der Waals surface area contributed by atoms with E-state index in [9.17, 15) is 9.18 Å². The number of carbonyl (C=O) groups excluding carboxylic acids is 1. The summed E-state index contributed by atoms with van der Waals surface area (Å²) in [6, 6.07) is 14.0. The summed E-state index contributed by atoms with van der Waals surface area (Å²) in [6.07, 6.45) is 0. The van der Waals surface area contributed by atoms with Crippen LogP contribution in [0.15, 0.2) is 48.5 Å². The molecular formula is C27H30ClFNO2P. The maximum atomic E-state index is 13.6. The minimum atomic E-state index is -0.629. The fraction of sp³-hybridized carbons (Fsp3) is 0.333. The standard InChI is InChI=1S/C27H30ClFNO2P/c1-6-32-27(31)23-21(17-9-13-20(33)14-10-17)22(24(28)18-7-11-19(29)12-8-18)25(15(2)3)30-26(23)16(4)5/h7-16,24H,6,33H2,1-5H3. The molecule has 0 saturated heterocycles. The second kappa shape index (κ2) is 10.8. The molecule has 1 heterocycles. The first kappa shape index (κ1) is 25.3. The Hall–Kier alpha value is -2.29. The number of benzene rings is 2. The lowest BCUT2D eigenvalue weighted by Crippen LogP contribution is -2.18. The number of esters is 1. The van der Waals surface area contributed by atoms with Gasteiger partial charge in [-0.1, -0.05) is 64.1 Å². The molecule has 0 aliphatic rings. The van der Waals surface area contributed by atoms with Gasteiger partial charge in [0.2, 0.25) is 0 Å². The molecule has 0 radical (unpaired) electrons. The number of nitrogens with zero attached hydrogens (tertiary/aromatic N) is 1. The minimum absolute atomic E-state index is 0.00435. The lowest BCUT2D eigenvalue weighted by molar-refractivity contribution is 0.0524. The predicted octanol–water partition coefficient (Wildman–Crippen LogP) is 7.14. The summed E-state index contributed by atoms with van der Waals surface area (Å²) in [4.78, 5) is 18.3. The van der Waals surface area contributed by atoms with Crippen LogP contribution in [0.4, 0.5) is 4.39 Å². The summed E-state index contributed by atoms with van der Waals surface area (Å²) < 4.78 is 19.1. The van der Waals surface area contributed by atoms with Gasteiger partial charge in [-0.25, -0.2) is 9.18 Å². The first-order chi connectivity index (χ1) is 15.6. The summed E-state index contributed by atoms with van der Waals surface area (Å²) >= 11 is 7.09. The van der Waals surface area contributed by atoms with E-state index in [1.54, 1.807) is 19.1 Å². The maximum absolute atomic E-state index is 13.6. The van der Waals surface area contributed by atoms with Crippen LogP contribution in [0, 0.1) is 5.82 Å². The van der Waals surface area contributed by atoms with Gasteiger partial charge in [-0.05, 0) is 47.3 Å². The van der Waals surface area contributed by atoms with E-state index >= 15 is 0 Å². The Labute approximate surface area is 202 Å². The van der Waals surface area contributed by atoms with Crippen LogP contribution in [0.3, 0.4) is 0 Å². The lowest BCUT2D eigenvalue weighted by atomic mass is 9.84. The van der Waals surface area contributed by atoms with Gasteiger partial charge in [-0.15, -0.1) is 20.8 Å². The van der Waals surface area contributed by atoms with Crippen molar-refractivity contribution in [3.8, 4) is 11.1 Å². The molecule has 0 aliphatic heterocycles. The molecule has 0 amide bonds. The highest BCUT2D eigenvalue weighted by Gasteiger charge is 2.31. The van der Waals surface area contributed by atoms with Crippen LogP contribution < -0.4 is 5.30 Å². The van der Waals surface area contributed by atoms with Gasteiger partial charge in [-0.2, -0.15) is 0 Å². The number of pyridine rings is 1. The molecule has 3 rings (SSSR count). The Kier molecular flexibility index (Phi) is 8.26. The van der Waals surface area contributed by atoms with Crippen LogP contribution in [-0.2, 0) is 4.74 Å². The predicted molar refractivity (Wildman–Crippen MR) is 137 cm³/mol. The van der Waals surface area contributed by atoms with Crippen LogP contribution in [0.5, 0.6) is 0 Å². The van der Waals surface area contributed by atoms with Crippen molar-refractivity contribution < 1.29 is 13.9 Å². The average Bonchev–Trinajstić information content (AvgIpc) is 2.78. The molecule has 0 saturated carbocycles. The largest absolute Gasteiger partial charge is 0.462 e. The quantitative estimate of drug-likeness (QED) is 0.203. The second-order valence-corrected chi connectivity index (χ2v) is 9.72. The van der Waals surface area contributed by atoms with E-state index < -0.39 is 11.3 Å². The van der Waals surface area contributed by atoms with Crippen LogP contribution in [0.2, 0.25) is 0 Å². The van der Waals surface area contributed by atoms with E-state index in [4.69, 9.17) is 21.3 Å². The Morgan fingerprint density at radius 2 is 1.58 bits per heavy atom. The SMILES string of the molecule is CCOC(=O)c1c(C(C)C)nc(C(C)C)c(C(Cl)c2ccc(F)cc2)c1-c1ccc(P)cc1. The molecule has 174 valence electrons. The molecule has 1 aromatic heterocycles. The Bertz CT molecular complexity index is 1130. The van der Waals surface area contributed by atoms with Crippen molar-refractivity contribution in [1.29, 1.82) is 0 Å². The first-order valence-electron chi connectivity index (χ1n) is 11.2. The molecule has 2 aromatic carbocycles. The number of carbonyl (C=O) groups is 1. The zero-order valence-electron chi connectivity index (χ0n) is 19.7. The molecule has 33 heavy (non-hydrogen) atoms. The molecule has 0 fully saturated rings. The third kappa shape index (κ3) is 5.45. The number of aromatic nitrogens is 1. The third-order valence-electron chi connectivity index (χ3n) is 5.48. The topological polar surface area (TPSA) is 39.2 Å². The number of ether oxygens (including phenoxy) is 1. The normalized spacial score (nSPS) is 12.3. The number of hydrogen-bond donors (Lipinski definition) is 0. The zero-order valence-corrected chi connectivity index (χ0v) is 21.6. The number of alkyl halides is 1. The van der Waals surface area contributed by atoms with Gasteiger partial charge in [-0.3, -0.25) is 4.98 Å². The van der Waals surface area contributed by atoms with Crippen LogP contribution in [0.1, 0.15) is 84.7 Å². The Morgan fingerprint density at radius 3 is 2.09 bits per heavy atom. The van der Waals surface area contributed by atoms with Crippen LogP contribution in [-0.4, -0.2) is 17.6 Å². The number of halogens is 2. The van der Waals surface area contributed by atoms with Crippen LogP contribution in [0.25, 0.3) is 11.1 Å². The van der Waals surface area contributed by atoms with Crippen molar-refractivity contribution in [3.05, 3.63) is 82.4 Å². The summed E-state index contributed by atoms with van der Waals surface area (Å²) in [7, 11) is 2.67. The smallest absolute Gasteiger partial charge is 0.340 e. The van der Waals surface area contributed by atoms with E-state index in [1.165, 1.54) is 12.1 Å². The summed E-state index contributed by atoms with van der Waals surface area (Å²) in [6.45, 7) is 10.2. The summed E-state index contributed by atoms with van der Waals surface area (Å²) in [5.74, 6) is -0.702. The van der Waals surface area contributed by atoms with Gasteiger partial charge in [0.05, 0.1) is 23.2 Å². The lowest BCUT2D eigenvalue weighted by Gasteiger charge is -2.26. The van der Waals surface area contributed by atoms with Gasteiger partial charge in [0.25, 0.3) is 0 Å². The van der Waals surface area contributed by atoms with E-state index in [1.807, 2.05) is 38.1 Å². The van der Waals surface area contributed by atoms with Gasteiger partial charge < -0.3 is 4.74 Å². The van der Waals surface area contributed by atoms with Crippen molar-refractivity contribution in [3.63, 3.8) is 0 Å². The summed E-state index contributed by atoms with van der Waals surface area (Å²) in [5, 5.41) is 0.400. The van der Waals surface area contributed by atoms with E-state index in [2.05, 4.69) is 23.1 Å². The number of rotatable bonds is 7. The highest BCUT2D eigenvalue weighted by Crippen LogP contribution is 2.44. The maximum Gasteiger partial charge on any atom is 0.340 e. The fourth-order valence-electron chi connectivity index (χ4n) is 3.91. The molecule has 0 spiro atoms. The van der Waals surface area contributed by atoms with Crippen molar-refractivity contribution in [2.24, 2.45) is 0 Å². The van der Waals surface area contributed by atoms with Gasteiger partial charge in [0, 0.05) is 16.8 Å². The zero-order chi connectivity index (χ0) is 24.3. The molecular weight excluding hydrogens is 456 g/mol. The van der Waals surface area contributed by atoms with Crippen molar-refractivity contribution in [1.82, 2.24) is 4.98 Å². The molecule has 6 heteroatoms. The molecule has 3 aromatic rings. The Morgan fingerprint density at radius 1 is 1.00 bits per heavy atom.